The number of hydrogen-bond donors (Lipinski definition) is 4. The second-order valence-electron chi connectivity index (χ2n) is 6.90. The Labute approximate surface area is 177 Å². The fourth-order valence-corrected chi connectivity index (χ4v) is 3.10. The van der Waals surface area contributed by atoms with Crippen molar-refractivity contribution >= 4 is 22.6 Å². The Bertz CT molecular complexity index is 1220. The minimum absolute atomic E-state index is 0.0701. The van der Waals surface area contributed by atoms with E-state index >= 15 is 0 Å². The minimum atomic E-state index is -0.987. The molecule has 0 saturated carbocycles. The number of carbonyl (C=O) groups is 1. The summed E-state index contributed by atoms with van der Waals surface area (Å²) in [4.78, 5) is 20.4. The van der Waals surface area contributed by atoms with Gasteiger partial charge in [0.2, 0.25) is 0 Å². The van der Waals surface area contributed by atoms with Crippen molar-refractivity contribution in [3.05, 3.63) is 78.1 Å². The molecule has 1 heterocycles. The molecule has 0 radical (unpaired) electrons. The van der Waals surface area contributed by atoms with Gasteiger partial charge in [-0.25, -0.2) is 9.37 Å². The molecule has 0 saturated heterocycles. The van der Waals surface area contributed by atoms with Gasteiger partial charge in [0, 0.05) is 11.8 Å². The first kappa shape index (κ1) is 20.5. The maximum atomic E-state index is 14.1. The molecule has 1 atom stereocenters. The zero-order chi connectivity index (χ0) is 21.8. The molecule has 1 amide bonds. The van der Waals surface area contributed by atoms with Crippen LogP contribution in [0.3, 0.4) is 0 Å². The summed E-state index contributed by atoms with van der Waals surface area (Å²) in [6.07, 6.45) is -0.987. The summed E-state index contributed by atoms with van der Waals surface area (Å²) in [6.45, 7) is -0.474. The SMILES string of the molecule is O=C(Nc1cccc(OCC(O)CO)c1)c1cccc2[nH]c(-c3ccccc3F)nc12. The molecule has 1 aromatic heterocycles. The fourth-order valence-electron chi connectivity index (χ4n) is 3.10. The maximum Gasteiger partial charge on any atom is 0.257 e. The van der Waals surface area contributed by atoms with Crippen LogP contribution in [0.4, 0.5) is 10.1 Å². The highest BCUT2D eigenvalue weighted by Crippen LogP contribution is 2.26. The summed E-state index contributed by atoms with van der Waals surface area (Å²) in [5.74, 6) is -0.0169. The summed E-state index contributed by atoms with van der Waals surface area (Å²) in [6, 6.07) is 18.1. The van der Waals surface area contributed by atoms with Crippen LogP contribution in [0.2, 0.25) is 0 Å². The van der Waals surface area contributed by atoms with Gasteiger partial charge in [-0.2, -0.15) is 0 Å². The highest BCUT2D eigenvalue weighted by molar-refractivity contribution is 6.11. The van der Waals surface area contributed by atoms with Gasteiger partial charge in [0.25, 0.3) is 5.91 Å². The lowest BCUT2D eigenvalue weighted by atomic mass is 10.1. The average molecular weight is 421 g/mol. The highest BCUT2D eigenvalue weighted by atomic mass is 19.1. The number of imidazole rings is 1. The lowest BCUT2D eigenvalue weighted by molar-refractivity contribution is 0.0536. The van der Waals surface area contributed by atoms with Crippen LogP contribution in [0.25, 0.3) is 22.4 Å². The number of rotatable bonds is 7. The third-order valence-electron chi connectivity index (χ3n) is 4.63. The van der Waals surface area contributed by atoms with Gasteiger partial charge in [-0.05, 0) is 36.4 Å². The molecule has 4 rings (SSSR count). The number of nitrogens with one attached hydrogen (secondary N) is 2. The number of halogens is 1. The molecule has 8 heteroatoms. The predicted molar refractivity (Wildman–Crippen MR) is 114 cm³/mol. The number of amides is 1. The Kier molecular flexibility index (Phi) is 5.92. The summed E-state index contributed by atoms with van der Waals surface area (Å²) in [5, 5.41) is 21.1. The molecule has 4 aromatic rings. The Balaban J connectivity index is 1.58. The predicted octanol–water partition coefficient (Wildman–Crippen LogP) is 3.35. The molecule has 0 aliphatic heterocycles. The number of nitrogens with zero attached hydrogens (tertiary/aromatic N) is 1. The van der Waals surface area contributed by atoms with Crippen molar-refractivity contribution in [3.8, 4) is 17.1 Å². The lowest BCUT2D eigenvalue weighted by Crippen LogP contribution is -2.21. The highest BCUT2D eigenvalue weighted by Gasteiger charge is 2.16. The summed E-state index contributed by atoms with van der Waals surface area (Å²) < 4.78 is 19.5. The van der Waals surface area contributed by atoms with Crippen LogP contribution in [-0.2, 0) is 0 Å². The van der Waals surface area contributed by atoms with Crippen LogP contribution in [0.5, 0.6) is 5.75 Å². The molecule has 1 unspecified atom stereocenters. The van der Waals surface area contributed by atoms with Crippen LogP contribution in [0.1, 0.15) is 10.4 Å². The molecular weight excluding hydrogens is 401 g/mol. The van der Waals surface area contributed by atoms with Crippen LogP contribution >= 0.6 is 0 Å². The second-order valence-corrected chi connectivity index (χ2v) is 6.90. The van der Waals surface area contributed by atoms with Crippen molar-refractivity contribution in [2.24, 2.45) is 0 Å². The third kappa shape index (κ3) is 4.55. The molecule has 31 heavy (non-hydrogen) atoms. The average Bonchev–Trinajstić information content (AvgIpc) is 3.22. The van der Waals surface area contributed by atoms with Crippen molar-refractivity contribution in [2.45, 2.75) is 6.10 Å². The number of carbonyl (C=O) groups excluding carboxylic acids is 1. The van der Waals surface area contributed by atoms with Crippen LogP contribution in [0.15, 0.2) is 66.7 Å². The zero-order valence-corrected chi connectivity index (χ0v) is 16.4. The van der Waals surface area contributed by atoms with Crippen LogP contribution < -0.4 is 10.1 Å². The van der Waals surface area contributed by atoms with E-state index < -0.39 is 18.5 Å². The van der Waals surface area contributed by atoms with Gasteiger partial charge in [-0.15, -0.1) is 0 Å². The molecule has 3 aromatic carbocycles. The number of fused-ring (bicyclic) bond motifs is 1. The number of hydrogen-bond acceptors (Lipinski definition) is 5. The van der Waals surface area contributed by atoms with E-state index in [1.165, 1.54) is 6.07 Å². The van der Waals surface area contributed by atoms with E-state index in [2.05, 4.69) is 15.3 Å². The molecule has 158 valence electrons. The zero-order valence-electron chi connectivity index (χ0n) is 16.4. The number of ether oxygens (including phenoxy) is 1. The fraction of sp³-hybridized carbons (Fsp3) is 0.130. The summed E-state index contributed by atoms with van der Waals surface area (Å²) in [5.41, 5.74) is 2.18. The van der Waals surface area contributed by atoms with E-state index in [1.54, 1.807) is 60.7 Å². The number of benzene rings is 3. The molecule has 0 spiro atoms. The van der Waals surface area contributed by atoms with Crippen molar-refractivity contribution in [3.63, 3.8) is 0 Å². The first-order valence-corrected chi connectivity index (χ1v) is 9.62. The normalized spacial score (nSPS) is 12.0. The van der Waals surface area contributed by atoms with E-state index in [0.717, 1.165) is 0 Å². The van der Waals surface area contributed by atoms with Crippen molar-refractivity contribution in [2.75, 3.05) is 18.5 Å². The van der Waals surface area contributed by atoms with Gasteiger partial charge >= 0.3 is 0 Å². The summed E-state index contributed by atoms with van der Waals surface area (Å²) >= 11 is 0. The van der Waals surface area contributed by atoms with Crippen molar-refractivity contribution < 1.29 is 24.1 Å². The Morgan fingerprint density at radius 2 is 1.94 bits per heavy atom. The maximum absolute atomic E-state index is 14.1. The molecule has 0 aliphatic rings. The van der Waals surface area contributed by atoms with Gasteiger partial charge in [-0.3, -0.25) is 4.79 Å². The van der Waals surface area contributed by atoms with E-state index in [0.29, 0.717) is 39.4 Å². The number of para-hydroxylation sites is 1. The smallest absolute Gasteiger partial charge is 0.257 e. The first-order valence-electron chi connectivity index (χ1n) is 9.62. The first-order chi connectivity index (χ1) is 15.0. The molecule has 4 N–H and O–H groups in total. The number of aromatic amines is 1. The van der Waals surface area contributed by atoms with Gasteiger partial charge < -0.3 is 25.3 Å². The molecule has 0 fully saturated rings. The van der Waals surface area contributed by atoms with Crippen LogP contribution in [0, 0.1) is 5.82 Å². The minimum Gasteiger partial charge on any atom is -0.491 e. The standard InChI is InChI=1S/C23H20FN3O4/c24-19-9-2-1-7-17(19)22-26-20-10-4-8-18(21(20)27-22)23(30)25-14-5-3-6-16(11-14)31-13-15(29)12-28/h1-11,15,28-29H,12-13H2,(H,25,30)(H,26,27). The number of H-pyrrole nitrogens is 1. The Morgan fingerprint density at radius 1 is 1.13 bits per heavy atom. The van der Waals surface area contributed by atoms with Gasteiger partial charge in [0.1, 0.15) is 35.6 Å². The van der Waals surface area contributed by atoms with Crippen molar-refractivity contribution in [1.82, 2.24) is 9.97 Å². The van der Waals surface area contributed by atoms with Crippen molar-refractivity contribution in [1.29, 1.82) is 0 Å². The molecule has 0 bridgehead atoms. The van der Waals surface area contributed by atoms with E-state index in [1.807, 2.05) is 0 Å². The Morgan fingerprint density at radius 3 is 2.74 bits per heavy atom. The molecule has 7 nitrogen and oxygen atoms in total. The number of anilines is 1. The lowest BCUT2D eigenvalue weighted by Gasteiger charge is -2.11. The van der Waals surface area contributed by atoms with Gasteiger partial charge in [0.05, 0.1) is 23.3 Å². The molecular formula is C23H20FN3O4. The second kappa shape index (κ2) is 8.95. The van der Waals surface area contributed by atoms with Gasteiger partial charge in [0.15, 0.2) is 0 Å². The quantitative estimate of drug-likeness (QED) is 0.366. The topological polar surface area (TPSA) is 107 Å². The van der Waals surface area contributed by atoms with E-state index in [9.17, 15) is 14.3 Å². The van der Waals surface area contributed by atoms with Crippen LogP contribution in [-0.4, -0.2) is 45.4 Å². The number of aliphatic hydroxyl groups is 2. The summed E-state index contributed by atoms with van der Waals surface area (Å²) in [7, 11) is 0. The Hall–Kier alpha value is -3.75. The molecule has 0 aliphatic carbocycles. The van der Waals surface area contributed by atoms with E-state index in [4.69, 9.17) is 9.84 Å². The van der Waals surface area contributed by atoms with E-state index in [-0.39, 0.29) is 12.5 Å². The monoisotopic (exact) mass is 421 g/mol. The van der Waals surface area contributed by atoms with Gasteiger partial charge in [-0.1, -0.05) is 24.3 Å². The number of aliphatic hydroxyl groups excluding tert-OH is 2. The largest absolute Gasteiger partial charge is 0.491 e. The third-order valence-corrected chi connectivity index (χ3v) is 4.63. The number of aromatic nitrogens is 2.